The molecule has 0 bridgehead atoms. The van der Waals surface area contributed by atoms with E-state index in [1.807, 2.05) is 0 Å². The van der Waals surface area contributed by atoms with E-state index in [0.717, 1.165) is 0 Å². The zero-order valence-electron chi connectivity index (χ0n) is 24.1. The number of aromatic amines is 1. The van der Waals surface area contributed by atoms with E-state index in [0.29, 0.717) is 27.1 Å². The molecule has 228 valence electrons. The first-order valence-electron chi connectivity index (χ1n) is 13.3. The number of H-pyrrole nitrogens is 1. The zero-order chi connectivity index (χ0) is 32.1. The molecule has 12 heteroatoms. The van der Waals surface area contributed by atoms with Gasteiger partial charge in [0.05, 0.1) is 31.5 Å². The maximum atomic E-state index is 14.6. The van der Waals surface area contributed by atoms with Crippen LogP contribution in [0.5, 0.6) is 23.0 Å². The second kappa shape index (κ2) is 13.3. The lowest BCUT2D eigenvalue weighted by atomic mass is 10.0. The van der Waals surface area contributed by atoms with Crippen molar-refractivity contribution in [3.8, 4) is 34.1 Å². The fraction of sp³-hybridized carbons (Fsp3) is 0.0909. The number of rotatable bonds is 9. The van der Waals surface area contributed by atoms with Crippen molar-refractivity contribution in [1.82, 2.24) is 10.4 Å². The molecule has 2 N–H and O–H groups in total. The summed E-state index contributed by atoms with van der Waals surface area (Å²) in [7, 11) is 2.78. The molecule has 5 aromatic rings. The van der Waals surface area contributed by atoms with Gasteiger partial charge in [-0.1, -0.05) is 41.9 Å². The van der Waals surface area contributed by atoms with Crippen LogP contribution in [-0.4, -0.2) is 43.3 Å². The summed E-state index contributed by atoms with van der Waals surface area (Å²) < 4.78 is 35.8. The third-order valence-electron chi connectivity index (χ3n) is 6.58. The smallest absolute Gasteiger partial charge is 0.343 e. The van der Waals surface area contributed by atoms with Gasteiger partial charge in [-0.2, -0.15) is 5.10 Å². The van der Waals surface area contributed by atoms with Crippen molar-refractivity contribution in [3.05, 3.63) is 107 Å². The number of ether oxygens (including phenoxy) is 4. The topological polar surface area (TPSA) is 128 Å². The predicted molar refractivity (Wildman–Crippen MR) is 166 cm³/mol. The van der Waals surface area contributed by atoms with Crippen molar-refractivity contribution < 1.29 is 37.7 Å². The van der Waals surface area contributed by atoms with Gasteiger partial charge in [-0.05, 0) is 54.1 Å². The monoisotopic (exact) mass is 629 g/mol. The number of methoxy groups -OCH3 is 2. The number of carbonyl (C=O) groups is 3. The second-order valence-corrected chi connectivity index (χ2v) is 9.88. The Balaban J connectivity index is 1.34. The van der Waals surface area contributed by atoms with E-state index >= 15 is 0 Å². The summed E-state index contributed by atoms with van der Waals surface area (Å²) in [4.78, 5) is 40.2. The summed E-state index contributed by atoms with van der Waals surface area (Å²) in [6.45, 7) is 1.25. The van der Waals surface area contributed by atoms with Crippen LogP contribution in [0.2, 0.25) is 5.02 Å². The molecule has 4 aromatic carbocycles. The van der Waals surface area contributed by atoms with E-state index < -0.39 is 23.7 Å². The SMILES string of the molecule is COc1cc(C(=O)Oc2ccc(C=NNC(=O)c3[nH]c4c(F)cccc4c3-c3ccccc3Cl)cc2OC)ccc1OC(C)=O. The number of benzene rings is 4. The van der Waals surface area contributed by atoms with Crippen LogP contribution >= 0.6 is 11.6 Å². The van der Waals surface area contributed by atoms with Gasteiger partial charge >= 0.3 is 11.9 Å². The molecule has 0 radical (unpaired) electrons. The Morgan fingerprint density at radius 3 is 2.31 bits per heavy atom. The Hall–Kier alpha value is -5.68. The van der Waals surface area contributed by atoms with Gasteiger partial charge in [-0.15, -0.1) is 0 Å². The molecule has 0 aliphatic carbocycles. The summed E-state index contributed by atoms with van der Waals surface area (Å²) in [5, 5.41) is 4.93. The van der Waals surface area contributed by atoms with Gasteiger partial charge in [-0.3, -0.25) is 9.59 Å². The fourth-order valence-electron chi connectivity index (χ4n) is 4.56. The lowest BCUT2D eigenvalue weighted by Crippen LogP contribution is -2.19. The van der Waals surface area contributed by atoms with Crippen molar-refractivity contribution in [2.75, 3.05) is 14.2 Å². The van der Waals surface area contributed by atoms with Gasteiger partial charge in [-0.25, -0.2) is 14.6 Å². The average molecular weight is 630 g/mol. The number of nitrogens with zero attached hydrogens (tertiary/aromatic N) is 1. The molecule has 1 aromatic heterocycles. The number of fused-ring (bicyclic) bond motifs is 1. The van der Waals surface area contributed by atoms with E-state index in [2.05, 4.69) is 15.5 Å². The van der Waals surface area contributed by atoms with Crippen LogP contribution in [0.4, 0.5) is 4.39 Å². The lowest BCUT2D eigenvalue weighted by molar-refractivity contribution is -0.132. The maximum absolute atomic E-state index is 14.6. The van der Waals surface area contributed by atoms with Gasteiger partial charge in [0.1, 0.15) is 11.5 Å². The van der Waals surface area contributed by atoms with E-state index in [1.165, 1.54) is 57.7 Å². The standard InChI is InChI=1S/C33H25ClFN3O7/c1-18(39)44-25-14-12-20(16-28(25)43-3)33(41)45-26-13-11-19(15-27(26)42-2)17-36-38-32(40)31-29(21-7-4-5-9-23(21)34)22-8-6-10-24(35)30(22)37-31/h4-17,37H,1-3H3,(H,38,40). The summed E-state index contributed by atoms with van der Waals surface area (Å²) >= 11 is 6.43. The number of esters is 2. The Kier molecular flexibility index (Phi) is 9.10. The largest absolute Gasteiger partial charge is 0.493 e. The molecular weight excluding hydrogens is 605 g/mol. The zero-order valence-corrected chi connectivity index (χ0v) is 24.9. The first-order chi connectivity index (χ1) is 21.7. The van der Waals surface area contributed by atoms with Crippen LogP contribution in [0.3, 0.4) is 0 Å². The minimum absolute atomic E-state index is 0.0812. The normalized spacial score (nSPS) is 11.0. The van der Waals surface area contributed by atoms with Crippen molar-refractivity contribution in [2.45, 2.75) is 6.92 Å². The van der Waals surface area contributed by atoms with Crippen LogP contribution in [0.15, 0.2) is 84.0 Å². The maximum Gasteiger partial charge on any atom is 0.343 e. The molecule has 1 amide bonds. The highest BCUT2D eigenvalue weighted by atomic mass is 35.5. The minimum atomic E-state index is -0.709. The van der Waals surface area contributed by atoms with Gasteiger partial charge in [0, 0.05) is 28.5 Å². The summed E-state index contributed by atoms with van der Waals surface area (Å²) in [5.41, 5.74) is 4.34. The molecule has 45 heavy (non-hydrogen) atoms. The molecule has 0 saturated heterocycles. The van der Waals surface area contributed by atoms with E-state index in [-0.39, 0.29) is 39.8 Å². The highest BCUT2D eigenvalue weighted by Crippen LogP contribution is 2.37. The highest BCUT2D eigenvalue weighted by Gasteiger charge is 2.22. The van der Waals surface area contributed by atoms with Gasteiger partial charge in [0.25, 0.3) is 5.91 Å². The predicted octanol–water partition coefficient (Wildman–Crippen LogP) is 6.55. The first-order valence-corrected chi connectivity index (χ1v) is 13.7. The Morgan fingerprint density at radius 2 is 1.58 bits per heavy atom. The molecule has 0 saturated carbocycles. The second-order valence-electron chi connectivity index (χ2n) is 9.48. The van der Waals surface area contributed by atoms with E-state index in [9.17, 15) is 18.8 Å². The van der Waals surface area contributed by atoms with Crippen molar-refractivity contribution >= 4 is 46.6 Å². The molecule has 0 aliphatic rings. The fourth-order valence-corrected chi connectivity index (χ4v) is 4.79. The molecular formula is C33H25ClFN3O7. The summed E-state index contributed by atoms with van der Waals surface area (Å²) in [6, 6.07) is 20.4. The number of halogens is 2. The molecule has 0 atom stereocenters. The van der Waals surface area contributed by atoms with Crippen LogP contribution in [0.1, 0.15) is 33.3 Å². The third-order valence-corrected chi connectivity index (χ3v) is 6.91. The van der Waals surface area contributed by atoms with Crippen molar-refractivity contribution in [2.24, 2.45) is 5.10 Å². The molecule has 0 aliphatic heterocycles. The van der Waals surface area contributed by atoms with Crippen LogP contribution in [-0.2, 0) is 4.79 Å². The highest BCUT2D eigenvalue weighted by molar-refractivity contribution is 6.34. The molecule has 0 fully saturated rings. The summed E-state index contributed by atoms with van der Waals surface area (Å²) in [5.74, 6) is -1.71. The number of carbonyl (C=O) groups excluding carboxylic acids is 3. The van der Waals surface area contributed by atoms with Gasteiger partial charge in [0.15, 0.2) is 23.0 Å². The number of para-hydroxylation sites is 1. The molecule has 0 unspecified atom stereocenters. The number of hydrogen-bond acceptors (Lipinski definition) is 8. The third kappa shape index (κ3) is 6.63. The number of hydrogen-bond donors (Lipinski definition) is 2. The van der Waals surface area contributed by atoms with Crippen molar-refractivity contribution in [1.29, 1.82) is 0 Å². The number of nitrogens with one attached hydrogen (secondary N) is 2. The van der Waals surface area contributed by atoms with Gasteiger partial charge in [0.2, 0.25) is 0 Å². The first kappa shape index (κ1) is 30.8. The van der Waals surface area contributed by atoms with Crippen LogP contribution in [0.25, 0.3) is 22.0 Å². The lowest BCUT2D eigenvalue weighted by Gasteiger charge is -2.12. The Morgan fingerprint density at radius 1 is 0.867 bits per heavy atom. The van der Waals surface area contributed by atoms with Gasteiger partial charge < -0.3 is 23.9 Å². The molecule has 1 heterocycles. The number of amides is 1. The van der Waals surface area contributed by atoms with E-state index in [1.54, 1.807) is 48.5 Å². The average Bonchev–Trinajstić information content (AvgIpc) is 3.42. The van der Waals surface area contributed by atoms with Crippen LogP contribution < -0.4 is 24.4 Å². The van der Waals surface area contributed by atoms with Crippen molar-refractivity contribution in [3.63, 3.8) is 0 Å². The Labute approximate surface area is 261 Å². The molecule has 5 rings (SSSR count). The molecule has 10 nitrogen and oxygen atoms in total. The summed E-state index contributed by atoms with van der Waals surface area (Å²) in [6.07, 6.45) is 1.36. The Bertz CT molecular complexity index is 1970. The number of aromatic nitrogens is 1. The minimum Gasteiger partial charge on any atom is -0.493 e. The number of hydrazone groups is 1. The quantitative estimate of drug-likeness (QED) is 0.0818. The molecule has 0 spiro atoms. The van der Waals surface area contributed by atoms with Crippen LogP contribution in [0, 0.1) is 5.82 Å². The van der Waals surface area contributed by atoms with E-state index in [4.69, 9.17) is 30.5 Å².